The van der Waals surface area contributed by atoms with E-state index < -0.39 is 0 Å². The van der Waals surface area contributed by atoms with Crippen LogP contribution in [0.1, 0.15) is 27.2 Å². The Bertz CT molecular complexity index is 236. The number of carbonyl (C=O) groups is 1. The van der Waals surface area contributed by atoms with Crippen LogP contribution in [0.25, 0.3) is 0 Å². The maximum absolute atomic E-state index is 10.9. The molecule has 0 aliphatic carbocycles. The lowest BCUT2D eigenvalue weighted by molar-refractivity contribution is -0.114. The fourth-order valence-electron chi connectivity index (χ4n) is 1.01. The summed E-state index contributed by atoms with van der Waals surface area (Å²) in [4.78, 5) is 14.8. The number of nitrogens with zero attached hydrogens (tertiary/aromatic N) is 1. The van der Waals surface area contributed by atoms with Crippen molar-refractivity contribution >= 4 is 11.6 Å². The number of allylic oxidation sites excluding steroid dienone is 1. The smallest absolute Gasteiger partial charge is 0.267 e. The Hall–Kier alpha value is -0.920. The van der Waals surface area contributed by atoms with Gasteiger partial charge in [0, 0.05) is 11.3 Å². The quantitative estimate of drug-likeness (QED) is 0.541. The molecule has 0 atom stereocenters. The largest absolute Gasteiger partial charge is 0.273 e. The average Bonchev–Trinajstić information content (AvgIpc) is 2.17. The van der Waals surface area contributed by atoms with Crippen LogP contribution in [0.5, 0.6) is 0 Å². The van der Waals surface area contributed by atoms with Crippen LogP contribution in [0.3, 0.4) is 0 Å². The highest BCUT2D eigenvalue weighted by Crippen LogP contribution is 2.16. The highest BCUT2D eigenvalue weighted by Gasteiger charge is 2.17. The predicted octanol–water partition coefficient (Wildman–Crippen LogP) is 1.71. The van der Waals surface area contributed by atoms with Gasteiger partial charge in [0.1, 0.15) is 0 Å². The molecular formula is C8H11NO. The summed E-state index contributed by atoms with van der Waals surface area (Å²) in [5.74, 6) is -0.0608. The minimum atomic E-state index is -0.0608. The zero-order valence-electron chi connectivity index (χ0n) is 6.56. The normalized spacial score (nSPS) is 18.3. The Morgan fingerprint density at radius 2 is 1.90 bits per heavy atom. The van der Waals surface area contributed by atoms with Gasteiger partial charge in [0.05, 0.1) is 0 Å². The molecule has 2 nitrogen and oxygen atoms in total. The van der Waals surface area contributed by atoms with Gasteiger partial charge < -0.3 is 0 Å². The maximum Gasteiger partial charge on any atom is 0.273 e. The molecule has 0 saturated heterocycles. The summed E-state index contributed by atoms with van der Waals surface area (Å²) in [6.07, 6.45) is 0.856. The maximum atomic E-state index is 10.9. The highest BCUT2D eigenvalue weighted by molar-refractivity contribution is 6.18. The molecule has 10 heavy (non-hydrogen) atoms. The first-order chi connectivity index (χ1) is 4.66. The van der Waals surface area contributed by atoms with Crippen molar-refractivity contribution in [2.45, 2.75) is 27.2 Å². The monoisotopic (exact) mass is 137 g/mol. The Balaban J connectivity index is 3.02. The Morgan fingerprint density at radius 3 is 2.10 bits per heavy atom. The van der Waals surface area contributed by atoms with E-state index in [4.69, 9.17) is 0 Å². The molecule has 0 fully saturated rings. The lowest BCUT2D eigenvalue weighted by Gasteiger charge is -1.93. The second-order valence-electron chi connectivity index (χ2n) is 2.47. The number of rotatable bonds is 1. The van der Waals surface area contributed by atoms with Gasteiger partial charge in [0.15, 0.2) is 0 Å². The third-order valence-corrected chi connectivity index (χ3v) is 1.89. The lowest BCUT2D eigenvalue weighted by atomic mass is 10.1. The van der Waals surface area contributed by atoms with Crippen LogP contribution >= 0.6 is 0 Å². The van der Waals surface area contributed by atoms with Crippen molar-refractivity contribution in [2.24, 2.45) is 4.99 Å². The zero-order valence-corrected chi connectivity index (χ0v) is 6.56. The Kier molecular flexibility index (Phi) is 1.70. The van der Waals surface area contributed by atoms with Crippen molar-refractivity contribution in [3.63, 3.8) is 0 Å². The molecule has 0 bridgehead atoms. The fourth-order valence-corrected chi connectivity index (χ4v) is 1.01. The number of hydrogen-bond acceptors (Lipinski definition) is 1. The van der Waals surface area contributed by atoms with Crippen molar-refractivity contribution in [3.05, 3.63) is 11.1 Å². The summed E-state index contributed by atoms with van der Waals surface area (Å²) in [5.41, 5.74) is 2.81. The van der Waals surface area contributed by atoms with Crippen molar-refractivity contribution in [2.75, 3.05) is 0 Å². The Labute approximate surface area is 60.7 Å². The molecule has 1 heterocycles. The molecule has 0 N–H and O–H groups in total. The zero-order chi connectivity index (χ0) is 7.72. The van der Waals surface area contributed by atoms with E-state index in [1.165, 1.54) is 0 Å². The molecule has 0 radical (unpaired) electrons. The van der Waals surface area contributed by atoms with Gasteiger partial charge in [-0.25, -0.2) is 4.99 Å². The van der Waals surface area contributed by atoms with Crippen LogP contribution in [-0.4, -0.2) is 11.6 Å². The molecule has 0 aromatic rings. The van der Waals surface area contributed by atoms with Crippen molar-refractivity contribution in [1.82, 2.24) is 0 Å². The molecule has 0 aromatic carbocycles. The first-order valence-electron chi connectivity index (χ1n) is 3.46. The Morgan fingerprint density at radius 1 is 1.30 bits per heavy atom. The van der Waals surface area contributed by atoms with Crippen LogP contribution in [0, 0.1) is 0 Å². The van der Waals surface area contributed by atoms with E-state index >= 15 is 0 Å². The van der Waals surface area contributed by atoms with Gasteiger partial charge in [0.25, 0.3) is 5.91 Å². The fraction of sp³-hybridized carbons (Fsp3) is 0.500. The topological polar surface area (TPSA) is 29.4 Å². The van der Waals surface area contributed by atoms with E-state index in [9.17, 15) is 4.79 Å². The predicted molar refractivity (Wildman–Crippen MR) is 41.1 cm³/mol. The molecule has 1 aliphatic heterocycles. The van der Waals surface area contributed by atoms with E-state index in [1.807, 2.05) is 20.8 Å². The summed E-state index contributed by atoms with van der Waals surface area (Å²) in [5, 5.41) is 0. The minimum Gasteiger partial charge on any atom is -0.267 e. The lowest BCUT2D eigenvalue weighted by Crippen LogP contribution is -1.92. The van der Waals surface area contributed by atoms with Crippen LogP contribution < -0.4 is 0 Å². The van der Waals surface area contributed by atoms with Gasteiger partial charge in [-0.1, -0.05) is 6.92 Å². The molecule has 0 saturated carbocycles. The summed E-state index contributed by atoms with van der Waals surface area (Å²) < 4.78 is 0. The molecule has 1 amide bonds. The summed E-state index contributed by atoms with van der Waals surface area (Å²) in [6, 6.07) is 0. The number of aliphatic imine (C=N–C) groups is 1. The average molecular weight is 137 g/mol. The standard InChI is InChI=1S/C8H11NO/c1-4-7-5(2)6(3)8(10)9-7/h4H2,1-3H3. The van der Waals surface area contributed by atoms with Crippen LogP contribution in [-0.2, 0) is 4.79 Å². The molecule has 0 aromatic heterocycles. The van der Waals surface area contributed by atoms with E-state index in [1.54, 1.807) is 0 Å². The molecule has 1 aliphatic rings. The van der Waals surface area contributed by atoms with Crippen LogP contribution in [0.2, 0.25) is 0 Å². The van der Waals surface area contributed by atoms with Crippen LogP contribution in [0.4, 0.5) is 0 Å². The van der Waals surface area contributed by atoms with E-state index in [-0.39, 0.29) is 5.91 Å². The van der Waals surface area contributed by atoms with E-state index in [0.29, 0.717) is 0 Å². The van der Waals surface area contributed by atoms with Crippen LogP contribution in [0.15, 0.2) is 16.1 Å². The van der Waals surface area contributed by atoms with Gasteiger partial charge in [-0.05, 0) is 25.8 Å². The number of carbonyl (C=O) groups excluding carboxylic acids is 1. The van der Waals surface area contributed by atoms with Gasteiger partial charge in [0.2, 0.25) is 0 Å². The SMILES string of the molecule is CCC1=NC(=O)C(C)=C1C. The first kappa shape index (κ1) is 7.19. The second-order valence-corrected chi connectivity index (χ2v) is 2.47. The van der Waals surface area contributed by atoms with E-state index in [0.717, 1.165) is 23.3 Å². The third kappa shape index (κ3) is 0.897. The van der Waals surface area contributed by atoms with Crippen molar-refractivity contribution < 1.29 is 4.79 Å². The van der Waals surface area contributed by atoms with Gasteiger partial charge in [-0.3, -0.25) is 4.79 Å². The van der Waals surface area contributed by atoms with Crippen molar-refractivity contribution in [3.8, 4) is 0 Å². The first-order valence-corrected chi connectivity index (χ1v) is 3.46. The number of amides is 1. The summed E-state index contributed by atoms with van der Waals surface area (Å²) in [6.45, 7) is 5.78. The van der Waals surface area contributed by atoms with Gasteiger partial charge >= 0.3 is 0 Å². The van der Waals surface area contributed by atoms with Gasteiger partial charge in [-0.15, -0.1) is 0 Å². The molecular weight excluding hydrogens is 126 g/mol. The summed E-state index contributed by atoms with van der Waals surface area (Å²) in [7, 11) is 0. The minimum absolute atomic E-state index is 0.0608. The molecule has 0 spiro atoms. The number of hydrogen-bond donors (Lipinski definition) is 0. The highest BCUT2D eigenvalue weighted by atomic mass is 16.1. The van der Waals surface area contributed by atoms with Gasteiger partial charge in [-0.2, -0.15) is 0 Å². The summed E-state index contributed by atoms with van der Waals surface area (Å²) >= 11 is 0. The van der Waals surface area contributed by atoms with Crippen molar-refractivity contribution in [1.29, 1.82) is 0 Å². The van der Waals surface area contributed by atoms with E-state index in [2.05, 4.69) is 4.99 Å². The molecule has 1 rings (SSSR count). The third-order valence-electron chi connectivity index (χ3n) is 1.89. The molecule has 2 heteroatoms. The molecule has 0 unspecified atom stereocenters. The molecule has 54 valence electrons. The second kappa shape index (κ2) is 2.37.